The first-order valence-corrected chi connectivity index (χ1v) is 11.0. The van der Waals surface area contributed by atoms with E-state index >= 15 is 0 Å². The van der Waals surface area contributed by atoms with Crippen molar-refractivity contribution in [2.45, 2.75) is 39.3 Å². The number of piperidine rings is 1. The third-order valence-electron chi connectivity index (χ3n) is 5.88. The largest absolute Gasteiger partial charge is 0.348 e. The van der Waals surface area contributed by atoms with E-state index in [2.05, 4.69) is 48.0 Å². The van der Waals surface area contributed by atoms with Crippen molar-refractivity contribution in [2.75, 3.05) is 20.1 Å². The van der Waals surface area contributed by atoms with Crippen molar-refractivity contribution in [3.05, 3.63) is 61.6 Å². The third-order valence-corrected chi connectivity index (χ3v) is 6.34. The van der Waals surface area contributed by atoms with Crippen molar-refractivity contribution in [1.29, 1.82) is 0 Å². The molecule has 4 rings (SSSR count). The predicted octanol–water partition coefficient (Wildman–Crippen LogP) is 3.30. The molecule has 1 saturated heterocycles. The number of carbonyl (C=O) groups excluding carboxylic acids is 1. The molecule has 7 nitrogen and oxygen atoms in total. The molecule has 0 unspecified atom stereocenters. The highest BCUT2D eigenvalue weighted by Crippen LogP contribution is 2.30. The number of H-pyrrole nitrogens is 1. The van der Waals surface area contributed by atoms with Gasteiger partial charge in [0.15, 0.2) is 0 Å². The van der Waals surface area contributed by atoms with Crippen molar-refractivity contribution < 1.29 is 4.79 Å². The van der Waals surface area contributed by atoms with Gasteiger partial charge in [0.1, 0.15) is 0 Å². The molecule has 0 bridgehead atoms. The number of nitrogens with one attached hydrogen (secondary N) is 2. The fourth-order valence-corrected chi connectivity index (χ4v) is 4.64. The highest BCUT2D eigenvalue weighted by molar-refractivity contribution is 9.10. The highest BCUT2D eigenvalue weighted by Gasteiger charge is 2.22. The van der Waals surface area contributed by atoms with Crippen LogP contribution in [0.5, 0.6) is 0 Å². The normalized spacial score (nSPS) is 15.6. The Hall–Kier alpha value is -2.45. The van der Waals surface area contributed by atoms with Crippen molar-refractivity contribution in [3.63, 3.8) is 0 Å². The van der Waals surface area contributed by atoms with Gasteiger partial charge in [0, 0.05) is 27.7 Å². The lowest BCUT2D eigenvalue weighted by atomic mass is 10.0. The van der Waals surface area contributed by atoms with E-state index in [1.54, 1.807) is 6.20 Å². The molecule has 3 aromatic rings. The van der Waals surface area contributed by atoms with E-state index in [0.29, 0.717) is 17.2 Å². The summed E-state index contributed by atoms with van der Waals surface area (Å²) in [5.74, 6) is -0.219. The lowest BCUT2D eigenvalue weighted by Gasteiger charge is -2.29. The Morgan fingerprint density at radius 1 is 1.27 bits per heavy atom. The van der Waals surface area contributed by atoms with Crippen molar-refractivity contribution in [2.24, 2.45) is 0 Å². The Labute approximate surface area is 183 Å². The zero-order valence-electron chi connectivity index (χ0n) is 17.5. The number of hydrogen-bond acceptors (Lipinski definition) is 4. The van der Waals surface area contributed by atoms with Crippen molar-refractivity contribution >= 4 is 32.7 Å². The van der Waals surface area contributed by atoms with Gasteiger partial charge in [-0.2, -0.15) is 5.10 Å². The standard InChI is InChI=1S/C22H26BrN5O2/c1-13-8-14(2)26-22(30)18(13)11-24-21(29)17-9-15(23)10-20-19(17)12-25-28(20)16-4-6-27(3)7-5-16/h8-10,12,16H,4-7,11H2,1-3H3,(H,24,29)(H,26,30). The summed E-state index contributed by atoms with van der Waals surface area (Å²) in [5, 5.41) is 8.36. The number of halogens is 1. The molecule has 2 aromatic heterocycles. The molecule has 1 aromatic carbocycles. The van der Waals surface area contributed by atoms with E-state index in [-0.39, 0.29) is 18.0 Å². The Bertz CT molecular complexity index is 1160. The van der Waals surface area contributed by atoms with Crippen LogP contribution in [0.1, 0.15) is 46.1 Å². The maximum atomic E-state index is 13.0. The number of hydrogen-bond donors (Lipinski definition) is 2. The van der Waals surface area contributed by atoms with Gasteiger partial charge in [-0.25, -0.2) is 0 Å². The Morgan fingerprint density at radius 3 is 2.70 bits per heavy atom. The Morgan fingerprint density at radius 2 is 2.00 bits per heavy atom. The summed E-state index contributed by atoms with van der Waals surface area (Å²) in [6.07, 6.45) is 3.85. The van der Waals surface area contributed by atoms with E-state index in [4.69, 9.17) is 0 Å². The second-order valence-electron chi connectivity index (χ2n) is 8.14. The van der Waals surface area contributed by atoms with E-state index in [0.717, 1.165) is 52.6 Å². The molecule has 8 heteroatoms. The molecule has 1 fully saturated rings. The molecule has 1 amide bonds. The van der Waals surface area contributed by atoms with Gasteiger partial charge in [-0.15, -0.1) is 0 Å². The van der Waals surface area contributed by atoms with Crippen molar-refractivity contribution in [3.8, 4) is 0 Å². The lowest BCUT2D eigenvalue weighted by Crippen LogP contribution is -2.31. The average molecular weight is 472 g/mol. The van der Waals surface area contributed by atoms with Gasteiger partial charge in [-0.1, -0.05) is 15.9 Å². The monoisotopic (exact) mass is 471 g/mol. The van der Waals surface area contributed by atoms with Crippen molar-refractivity contribution in [1.82, 2.24) is 25.0 Å². The number of carbonyl (C=O) groups is 1. The molecular weight excluding hydrogens is 446 g/mol. The molecule has 30 heavy (non-hydrogen) atoms. The molecule has 0 spiro atoms. The van der Waals surface area contributed by atoms with Crippen LogP contribution < -0.4 is 10.9 Å². The fourth-order valence-electron chi connectivity index (χ4n) is 4.19. The van der Waals surface area contributed by atoms with Crippen LogP contribution in [0.2, 0.25) is 0 Å². The van der Waals surface area contributed by atoms with Gasteiger partial charge in [0.25, 0.3) is 11.5 Å². The maximum absolute atomic E-state index is 13.0. The number of aryl methyl sites for hydroxylation is 2. The summed E-state index contributed by atoms with van der Waals surface area (Å²) in [6.45, 7) is 5.98. The molecular formula is C22H26BrN5O2. The number of fused-ring (bicyclic) bond motifs is 1. The molecule has 0 atom stereocenters. The third kappa shape index (κ3) is 4.06. The highest BCUT2D eigenvalue weighted by atomic mass is 79.9. The van der Waals surface area contributed by atoms with Crippen LogP contribution in [0.15, 0.2) is 33.7 Å². The summed E-state index contributed by atoms with van der Waals surface area (Å²) in [7, 11) is 2.14. The molecule has 2 N–H and O–H groups in total. The number of rotatable bonds is 4. The van der Waals surface area contributed by atoms with Gasteiger partial charge < -0.3 is 15.2 Å². The zero-order chi connectivity index (χ0) is 21.4. The van der Waals surface area contributed by atoms with E-state index in [9.17, 15) is 9.59 Å². The van der Waals surface area contributed by atoms with Gasteiger partial charge in [-0.05, 0) is 70.6 Å². The fraction of sp³-hybridized carbons (Fsp3) is 0.409. The zero-order valence-corrected chi connectivity index (χ0v) is 19.0. The van der Waals surface area contributed by atoms with E-state index in [1.807, 2.05) is 32.0 Å². The number of nitrogens with zero attached hydrogens (tertiary/aromatic N) is 3. The molecule has 0 saturated carbocycles. The van der Waals surface area contributed by atoms with E-state index < -0.39 is 0 Å². The van der Waals surface area contributed by atoms with Crippen LogP contribution in [0.4, 0.5) is 0 Å². The van der Waals surface area contributed by atoms with Crippen LogP contribution >= 0.6 is 15.9 Å². The number of aromatic amines is 1. The predicted molar refractivity (Wildman–Crippen MR) is 121 cm³/mol. The molecule has 1 aliphatic rings. The smallest absolute Gasteiger partial charge is 0.253 e. The average Bonchev–Trinajstić information content (AvgIpc) is 3.10. The minimum absolute atomic E-state index is 0.165. The molecule has 158 valence electrons. The quantitative estimate of drug-likeness (QED) is 0.611. The second kappa shape index (κ2) is 8.35. The first-order valence-electron chi connectivity index (χ1n) is 10.2. The number of amides is 1. The maximum Gasteiger partial charge on any atom is 0.253 e. The Kier molecular flexibility index (Phi) is 5.79. The van der Waals surface area contributed by atoms with Gasteiger partial charge >= 0.3 is 0 Å². The minimum Gasteiger partial charge on any atom is -0.348 e. The SMILES string of the molecule is Cc1cc(C)c(CNC(=O)c2cc(Br)cc3c2cnn3C2CCN(C)CC2)c(=O)[nH]1. The van der Waals surface area contributed by atoms with Crippen LogP contribution in [0, 0.1) is 13.8 Å². The number of likely N-dealkylation sites (tertiary alicyclic amines) is 1. The summed E-state index contributed by atoms with van der Waals surface area (Å²) in [4.78, 5) is 30.4. The molecule has 3 heterocycles. The lowest BCUT2D eigenvalue weighted by molar-refractivity contribution is 0.0952. The molecule has 1 aliphatic heterocycles. The first-order chi connectivity index (χ1) is 14.3. The number of aromatic nitrogens is 3. The van der Waals surface area contributed by atoms with Crippen LogP contribution in [-0.4, -0.2) is 45.7 Å². The number of benzene rings is 1. The number of pyridine rings is 1. The molecule has 0 aliphatic carbocycles. The summed E-state index contributed by atoms with van der Waals surface area (Å²) in [6, 6.07) is 6.07. The second-order valence-corrected chi connectivity index (χ2v) is 9.05. The van der Waals surface area contributed by atoms with Crippen LogP contribution in [-0.2, 0) is 6.54 Å². The topological polar surface area (TPSA) is 83.0 Å². The van der Waals surface area contributed by atoms with Gasteiger partial charge in [0.05, 0.1) is 23.3 Å². The minimum atomic E-state index is -0.219. The van der Waals surface area contributed by atoms with Crippen LogP contribution in [0.3, 0.4) is 0 Å². The summed E-state index contributed by atoms with van der Waals surface area (Å²) >= 11 is 3.55. The van der Waals surface area contributed by atoms with E-state index in [1.165, 1.54) is 0 Å². The summed E-state index contributed by atoms with van der Waals surface area (Å²) in [5.41, 5.74) is 3.59. The van der Waals surface area contributed by atoms with Gasteiger partial charge in [-0.3, -0.25) is 14.3 Å². The first kappa shape index (κ1) is 20.8. The Balaban J connectivity index is 1.61. The molecule has 0 radical (unpaired) electrons. The van der Waals surface area contributed by atoms with Crippen LogP contribution in [0.25, 0.3) is 10.9 Å². The van der Waals surface area contributed by atoms with Gasteiger partial charge in [0.2, 0.25) is 0 Å². The summed E-state index contributed by atoms with van der Waals surface area (Å²) < 4.78 is 2.89.